The van der Waals surface area contributed by atoms with Crippen molar-refractivity contribution < 1.29 is 9.21 Å². The fourth-order valence-electron chi connectivity index (χ4n) is 1.39. The molecule has 2 aromatic rings. The highest BCUT2D eigenvalue weighted by Crippen LogP contribution is 2.23. The molecular weight excluding hydrogens is 206 g/mol. The lowest BCUT2D eigenvalue weighted by Crippen LogP contribution is -1.96. The molecule has 0 bridgehead atoms. The van der Waals surface area contributed by atoms with E-state index >= 15 is 0 Å². The molecule has 0 radical (unpaired) electrons. The van der Waals surface area contributed by atoms with Gasteiger partial charge in [0.1, 0.15) is 0 Å². The summed E-state index contributed by atoms with van der Waals surface area (Å²) in [5.74, 6) is 0.965. The van der Waals surface area contributed by atoms with Crippen LogP contribution in [0.5, 0.6) is 0 Å². The summed E-state index contributed by atoms with van der Waals surface area (Å²) in [5.41, 5.74) is 2.51. The Balaban J connectivity index is 2.42. The van der Waals surface area contributed by atoms with E-state index in [1.165, 1.54) is 0 Å². The highest BCUT2D eigenvalue weighted by Gasteiger charge is 2.07. The summed E-state index contributed by atoms with van der Waals surface area (Å²) < 4.78 is 5.30. The Bertz CT molecular complexity index is 520. The van der Waals surface area contributed by atoms with E-state index in [1.54, 1.807) is 13.0 Å². The number of nitrogens with zero attached hydrogens (tertiary/aromatic N) is 2. The smallest absolute Gasteiger partial charge is 0.247 e. The molecular formula is C11H11N3O2. The van der Waals surface area contributed by atoms with Gasteiger partial charge in [0.25, 0.3) is 0 Å². The maximum atomic E-state index is 10.4. The van der Waals surface area contributed by atoms with Crippen LogP contribution >= 0.6 is 0 Å². The monoisotopic (exact) mass is 217 g/mol. The first-order valence-corrected chi connectivity index (χ1v) is 4.82. The molecule has 5 heteroatoms. The van der Waals surface area contributed by atoms with Crippen molar-refractivity contribution in [3.63, 3.8) is 0 Å². The molecule has 1 N–H and O–H groups in total. The number of anilines is 1. The molecule has 2 rings (SSSR count). The van der Waals surface area contributed by atoms with Crippen molar-refractivity contribution in [2.45, 2.75) is 13.8 Å². The molecule has 0 unspecified atom stereocenters. The Hall–Kier alpha value is -2.17. The van der Waals surface area contributed by atoms with E-state index in [-0.39, 0.29) is 0 Å². The zero-order chi connectivity index (χ0) is 11.5. The molecule has 0 aliphatic heterocycles. The third kappa shape index (κ3) is 1.93. The standard InChI is InChI=1S/C11H11N3O2/c1-7-3-4-9(5-10(7)12-6-15)11-14-13-8(2)16-11/h3-6H,1-2H3,(H,12,15). The molecule has 0 saturated carbocycles. The maximum absolute atomic E-state index is 10.4. The number of hydrogen-bond donors (Lipinski definition) is 1. The Labute approximate surface area is 92.5 Å². The number of benzene rings is 1. The van der Waals surface area contributed by atoms with Crippen LogP contribution < -0.4 is 5.32 Å². The van der Waals surface area contributed by atoms with Crippen molar-refractivity contribution in [2.75, 3.05) is 5.32 Å². The average molecular weight is 217 g/mol. The van der Waals surface area contributed by atoms with Gasteiger partial charge in [0.15, 0.2) is 0 Å². The highest BCUT2D eigenvalue weighted by molar-refractivity contribution is 5.76. The van der Waals surface area contributed by atoms with Crippen LogP contribution in [0.3, 0.4) is 0 Å². The molecule has 0 fully saturated rings. The van der Waals surface area contributed by atoms with Gasteiger partial charge in [0, 0.05) is 18.2 Å². The van der Waals surface area contributed by atoms with Gasteiger partial charge in [0.05, 0.1) is 0 Å². The van der Waals surface area contributed by atoms with Crippen LogP contribution in [-0.2, 0) is 4.79 Å². The lowest BCUT2D eigenvalue weighted by Gasteiger charge is -2.04. The first kappa shape index (κ1) is 10.4. The molecule has 1 aromatic carbocycles. The van der Waals surface area contributed by atoms with Gasteiger partial charge < -0.3 is 9.73 Å². The van der Waals surface area contributed by atoms with E-state index in [0.29, 0.717) is 18.2 Å². The maximum Gasteiger partial charge on any atom is 0.247 e. The van der Waals surface area contributed by atoms with Crippen molar-refractivity contribution in [3.05, 3.63) is 29.7 Å². The molecule has 1 heterocycles. The number of nitrogens with one attached hydrogen (secondary N) is 1. The van der Waals surface area contributed by atoms with Crippen LogP contribution in [0, 0.1) is 13.8 Å². The quantitative estimate of drug-likeness (QED) is 0.797. The van der Waals surface area contributed by atoms with Crippen LogP contribution in [0.4, 0.5) is 5.69 Å². The molecule has 0 aliphatic rings. The zero-order valence-electron chi connectivity index (χ0n) is 9.02. The minimum Gasteiger partial charge on any atom is -0.421 e. The molecule has 1 aromatic heterocycles. The van der Waals surface area contributed by atoms with Gasteiger partial charge >= 0.3 is 0 Å². The molecule has 16 heavy (non-hydrogen) atoms. The largest absolute Gasteiger partial charge is 0.421 e. The Kier molecular flexibility index (Phi) is 2.68. The van der Waals surface area contributed by atoms with Gasteiger partial charge in [-0.15, -0.1) is 10.2 Å². The molecule has 0 atom stereocenters. The van der Waals surface area contributed by atoms with Crippen molar-refractivity contribution in [1.29, 1.82) is 0 Å². The second-order valence-corrected chi connectivity index (χ2v) is 3.42. The predicted octanol–water partition coefficient (Wildman–Crippen LogP) is 1.92. The predicted molar refractivity (Wildman–Crippen MR) is 58.9 cm³/mol. The summed E-state index contributed by atoms with van der Waals surface area (Å²) in [7, 11) is 0. The Morgan fingerprint density at radius 2 is 2.12 bits per heavy atom. The van der Waals surface area contributed by atoms with Crippen LogP contribution in [0.2, 0.25) is 0 Å². The van der Waals surface area contributed by atoms with Gasteiger partial charge in [-0.05, 0) is 24.6 Å². The van der Waals surface area contributed by atoms with Gasteiger partial charge in [0.2, 0.25) is 18.2 Å². The van der Waals surface area contributed by atoms with E-state index in [4.69, 9.17) is 4.42 Å². The molecule has 0 saturated heterocycles. The third-order valence-corrected chi connectivity index (χ3v) is 2.22. The minimum absolute atomic E-state index is 0.450. The fourth-order valence-corrected chi connectivity index (χ4v) is 1.39. The average Bonchev–Trinajstić information content (AvgIpc) is 2.69. The Morgan fingerprint density at radius 3 is 2.75 bits per heavy atom. The number of aryl methyl sites for hydroxylation is 2. The highest BCUT2D eigenvalue weighted by atomic mass is 16.4. The van der Waals surface area contributed by atoms with Crippen LogP contribution in [0.25, 0.3) is 11.5 Å². The van der Waals surface area contributed by atoms with E-state index in [0.717, 1.165) is 16.8 Å². The van der Waals surface area contributed by atoms with Gasteiger partial charge in [-0.2, -0.15) is 0 Å². The fraction of sp³-hybridized carbons (Fsp3) is 0.182. The molecule has 0 spiro atoms. The van der Waals surface area contributed by atoms with Gasteiger partial charge in [-0.25, -0.2) is 0 Å². The van der Waals surface area contributed by atoms with E-state index in [1.807, 2.05) is 19.1 Å². The van der Waals surface area contributed by atoms with Crippen molar-refractivity contribution in [1.82, 2.24) is 10.2 Å². The van der Waals surface area contributed by atoms with Gasteiger partial charge in [-0.1, -0.05) is 6.07 Å². The SMILES string of the molecule is Cc1nnc(-c2ccc(C)c(NC=O)c2)o1. The lowest BCUT2D eigenvalue weighted by molar-refractivity contribution is -0.105. The van der Waals surface area contributed by atoms with Crippen molar-refractivity contribution in [3.8, 4) is 11.5 Å². The van der Waals surface area contributed by atoms with E-state index < -0.39 is 0 Å². The number of aromatic nitrogens is 2. The van der Waals surface area contributed by atoms with Crippen molar-refractivity contribution >= 4 is 12.1 Å². The summed E-state index contributed by atoms with van der Waals surface area (Å²) >= 11 is 0. The summed E-state index contributed by atoms with van der Waals surface area (Å²) in [5, 5.41) is 10.3. The summed E-state index contributed by atoms with van der Waals surface area (Å²) in [6, 6.07) is 5.57. The minimum atomic E-state index is 0.450. The van der Waals surface area contributed by atoms with Crippen LogP contribution in [-0.4, -0.2) is 16.6 Å². The number of rotatable bonds is 3. The molecule has 5 nitrogen and oxygen atoms in total. The number of hydrogen-bond acceptors (Lipinski definition) is 4. The zero-order valence-corrected chi connectivity index (χ0v) is 9.02. The molecule has 82 valence electrons. The summed E-state index contributed by atoms with van der Waals surface area (Å²) in [4.78, 5) is 10.4. The third-order valence-electron chi connectivity index (χ3n) is 2.22. The van der Waals surface area contributed by atoms with Crippen LogP contribution in [0.1, 0.15) is 11.5 Å². The van der Waals surface area contributed by atoms with Crippen LogP contribution in [0.15, 0.2) is 22.6 Å². The Morgan fingerprint density at radius 1 is 1.31 bits per heavy atom. The van der Waals surface area contributed by atoms with Crippen molar-refractivity contribution in [2.24, 2.45) is 0 Å². The molecule has 1 amide bonds. The normalized spacial score (nSPS) is 10.1. The second-order valence-electron chi connectivity index (χ2n) is 3.42. The second kappa shape index (κ2) is 4.14. The van der Waals surface area contributed by atoms with E-state index in [9.17, 15) is 4.79 Å². The number of carbonyl (C=O) groups is 1. The number of amides is 1. The topological polar surface area (TPSA) is 68.0 Å². The number of carbonyl (C=O) groups excluding carboxylic acids is 1. The first-order valence-electron chi connectivity index (χ1n) is 4.82. The first-order chi connectivity index (χ1) is 7.70. The van der Waals surface area contributed by atoms with E-state index in [2.05, 4.69) is 15.5 Å². The lowest BCUT2D eigenvalue weighted by atomic mass is 10.1. The van der Waals surface area contributed by atoms with Gasteiger partial charge in [-0.3, -0.25) is 4.79 Å². The molecule has 0 aliphatic carbocycles. The summed E-state index contributed by atoms with van der Waals surface area (Å²) in [6.45, 7) is 3.64. The summed E-state index contributed by atoms with van der Waals surface area (Å²) in [6.07, 6.45) is 0.644.